The van der Waals surface area contributed by atoms with E-state index in [0.29, 0.717) is 17.9 Å². The molecular formula is C26H30N2O6S. The van der Waals surface area contributed by atoms with Gasteiger partial charge in [0, 0.05) is 24.7 Å². The third-order valence-corrected chi connectivity index (χ3v) is 7.32. The largest absolute Gasteiger partial charge is 0.496 e. The number of rotatable bonds is 12. The smallest absolute Gasteiger partial charge is 0.243 e. The topological polar surface area (TPSA) is 94.2 Å². The molecule has 3 aromatic carbocycles. The molecule has 9 heteroatoms. The van der Waals surface area contributed by atoms with Crippen molar-refractivity contribution in [3.8, 4) is 17.2 Å². The fraction of sp³-hybridized carbons (Fsp3) is 0.269. The Hall–Kier alpha value is -3.56. The second kappa shape index (κ2) is 12.2. The predicted octanol–water partition coefficient (Wildman–Crippen LogP) is 3.26. The highest BCUT2D eigenvalue weighted by Crippen LogP contribution is 2.30. The molecule has 0 aromatic heterocycles. The minimum atomic E-state index is -4.01. The van der Waals surface area contributed by atoms with Crippen LogP contribution in [0.5, 0.6) is 17.2 Å². The van der Waals surface area contributed by atoms with Crippen LogP contribution in [0.1, 0.15) is 11.1 Å². The number of nitrogens with zero attached hydrogens (tertiary/aromatic N) is 1. The molecule has 1 amide bonds. The number of sulfonamides is 1. The molecule has 0 saturated heterocycles. The summed E-state index contributed by atoms with van der Waals surface area (Å²) in [6.07, 6.45) is 0.452. The lowest BCUT2D eigenvalue weighted by Crippen LogP contribution is -2.41. The van der Waals surface area contributed by atoms with Crippen LogP contribution >= 0.6 is 0 Å². The van der Waals surface area contributed by atoms with Crippen molar-refractivity contribution in [3.63, 3.8) is 0 Å². The van der Waals surface area contributed by atoms with Crippen molar-refractivity contribution < 1.29 is 27.4 Å². The van der Waals surface area contributed by atoms with Gasteiger partial charge in [-0.15, -0.1) is 0 Å². The van der Waals surface area contributed by atoms with E-state index in [0.717, 1.165) is 11.1 Å². The van der Waals surface area contributed by atoms with Gasteiger partial charge in [-0.25, -0.2) is 8.42 Å². The van der Waals surface area contributed by atoms with E-state index in [1.54, 1.807) is 13.2 Å². The van der Waals surface area contributed by atoms with Gasteiger partial charge in [-0.05, 0) is 30.2 Å². The monoisotopic (exact) mass is 498 g/mol. The molecule has 0 saturated carbocycles. The molecule has 3 rings (SSSR count). The zero-order chi connectivity index (χ0) is 25.3. The fourth-order valence-electron chi connectivity index (χ4n) is 3.57. The van der Waals surface area contributed by atoms with Crippen molar-refractivity contribution in [1.82, 2.24) is 9.62 Å². The van der Waals surface area contributed by atoms with Crippen molar-refractivity contribution >= 4 is 15.9 Å². The maximum atomic E-state index is 13.6. The van der Waals surface area contributed by atoms with E-state index >= 15 is 0 Å². The number of methoxy groups -OCH3 is 3. The van der Waals surface area contributed by atoms with Gasteiger partial charge in [0.25, 0.3) is 0 Å². The van der Waals surface area contributed by atoms with Gasteiger partial charge in [-0.1, -0.05) is 48.5 Å². The molecule has 3 aromatic rings. The van der Waals surface area contributed by atoms with E-state index in [1.165, 1.54) is 36.7 Å². The Morgan fingerprint density at radius 3 is 2.17 bits per heavy atom. The molecule has 0 radical (unpaired) electrons. The van der Waals surface area contributed by atoms with Crippen molar-refractivity contribution in [2.75, 3.05) is 34.4 Å². The Morgan fingerprint density at radius 1 is 0.829 bits per heavy atom. The average Bonchev–Trinajstić information content (AvgIpc) is 2.89. The summed E-state index contributed by atoms with van der Waals surface area (Å²) in [5, 5.41) is 2.80. The Bertz CT molecular complexity index is 1230. The second-order valence-corrected chi connectivity index (χ2v) is 9.62. The number of para-hydroxylation sites is 1. The summed E-state index contributed by atoms with van der Waals surface area (Å²) in [6, 6.07) is 21.2. The fourth-order valence-corrected chi connectivity index (χ4v) is 4.98. The number of nitrogens with one attached hydrogen (secondary N) is 1. The van der Waals surface area contributed by atoms with Crippen LogP contribution < -0.4 is 19.5 Å². The number of benzene rings is 3. The highest BCUT2D eigenvalue weighted by atomic mass is 32.2. The van der Waals surface area contributed by atoms with Crippen molar-refractivity contribution in [3.05, 3.63) is 83.9 Å². The summed E-state index contributed by atoms with van der Waals surface area (Å²) in [6.45, 7) is 0.00715. The van der Waals surface area contributed by atoms with Crippen molar-refractivity contribution in [1.29, 1.82) is 0 Å². The zero-order valence-electron chi connectivity index (χ0n) is 20.1. The third kappa shape index (κ3) is 6.74. The molecule has 0 heterocycles. The Morgan fingerprint density at radius 2 is 1.49 bits per heavy atom. The van der Waals surface area contributed by atoms with E-state index in [-0.39, 0.29) is 30.3 Å². The molecule has 0 aliphatic heterocycles. The molecule has 0 aliphatic rings. The molecule has 35 heavy (non-hydrogen) atoms. The van der Waals surface area contributed by atoms with Crippen LogP contribution in [0.15, 0.2) is 77.7 Å². The summed E-state index contributed by atoms with van der Waals surface area (Å²) in [7, 11) is 0.464. The molecule has 1 N–H and O–H groups in total. The van der Waals surface area contributed by atoms with E-state index in [1.807, 2.05) is 48.5 Å². The molecule has 0 bridgehead atoms. The summed E-state index contributed by atoms with van der Waals surface area (Å²) in [5.41, 5.74) is 1.76. The first kappa shape index (κ1) is 26.1. The third-order valence-electron chi connectivity index (χ3n) is 5.47. The number of hydrogen-bond acceptors (Lipinski definition) is 6. The van der Waals surface area contributed by atoms with Gasteiger partial charge < -0.3 is 19.5 Å². The molecule has 8 nitrogen and oxygen atoms in total. The average molecular weight is 499 g/mol. The minimum absolute atomic E-state index is 0.0146. The normalized spacial score (nSPS) is 11.2. The van der Waals surface area contributed by atoms with E-state index in [9.17, 15) is 13.2 Å². The molecule has 0 aliphatic carbocycles. The van der Waals surface area contributed by atoms with Crippen LogP contribution in [0.4, 0.5) is 0 Å². The van der Waals surface area contributed by atoms with E-state index in [4.69, 9.17) is 14.2 Å². The van der Waals surface area contributed by atoms with Crippen LogP contribution in [0.25, 0.3) is 0 Å². The quantitative estimate of drug-likeness (QED) is 0.412. The molecule has 0 spiro atoms. The summed E-state index contributed by atoms with van der Waals surface area (Å²) in [5.74, 6) is 0.925. The first-order chi connectivity index (χ1) is 16.9. The van der Waals surface area contributed by atoms with Gasteiger partial charge in [-0.2, -0.15) is 4.31 Å². The summed E-state index contributed by atoms with van der Waals surface area (Å²) >= 11 is 0. The molecule has 186 valence electrons. The maximum absolute atomic E-state index is 13.6. The van der Waals surface area contributed by atoms with Gasteiger partial charge in [0.2, 0.25) is 15.9 Å². The predicted molar refractivity (Wildman–Crippen MR) is 133 cm³/mol. The zero-order valence-corrected chi connectivity index (χ0v) is 20.9. The van der Waals surface area contributed by atoms with Gasteiger partial charge in [0.15, 0.2) is 11.5 Å². The summed E-state index contributed by atoms with van der Waals surface area (Å²) < 4.78 is 44.1. The van der Waals surface area contributed by atoms with Gasteiger partial charge >= 0.3 is 0 Å². The standard InChI is InChI=1S/C26H30N2O6S/c1-32-23-12-8-7-11-21(23)18-27-26(29)19-28(16-15-20-9-5-4-6-10-20)35(30,31)22-13-14-24(33-2)25(17-22)34-3/h4-14,17H,15-16,18-19H2,1-3H3,(H,27,29). The number of ether oxygens (including phenoxy) is 3. The van der Waals surface area contributed by atoms with Gasteiger partial charge in [-0.3, -0.25) is 4.79 Å². The maximum Gasteiger partial charge on any atom is 0.243 e. The van der Waals surface area contributed by atoms with Crippen LogP contribution in [0, 0.1) is 0 Å². The van der Waals surface area contributed by atoms with Crippen molar-refractivity contribution in [2.45, 2.75) is 17.9 Å². The van der Waals surface area contributed by atoms with Gasteiger partial charge in [0.1, 0.15) is 5.75 Å². The lowest BCUT2D eigenvalue weighted by atomic mass is 10.1. The Labute approximate surface area is 206 Å². The van der Waals surface area contributed by atoms with Crippen LogP contribution in [-0.2, 0) is 27.8 Å². The molecule has 0 atom stereocenters. The highest BCUT2D eigenvalue weighted by molar-refractivity contribution is 7.89. The molecule has 0 fully saturated rings. The lowest BCUT2D eigenvalue weighted by molar-refractivity contribution is -0.121. The number of carbonyl (C=O) groups is 1. The highest BCUT2D eigenvalue weighted by Gasteiger charge is 2.27. The molecular weight excluding hydrogens is 468 g/mol. The second-order valence-electron chi connectivity index (χ2n) is 7.68. The minimum Gasteiger partial charge on any atom is -0.496 e. The van der Waals surface area contributed by atoms with Crippen LogP contribution in [0.2, 0.25) is 0 Å². The number of hydrogen-bond donors (Lipinski definition) is 1. The first-order valence-electron chi connectivity index (χ1n) is 11.0. The SMILES string of the molecule is COc1ccccc1CNC(=O)CN(CCc1ccccc1)S(=O)(=O)c1ccc(OC)c(OC)c1. The Kier molecular flexibility index (Phi) is 9.11. The summed E-state index contributed by atoms with van der Waals surface area (Å²) in [4.78, 5) is 12.9. The number of carbonyl (C=O) groups excluding carboxylic acids is 1. The first-order valence-corrected chi connectivity index (χ1v) is 12.5. The van der Waals surface area contributed by atoms with Gasteiger partial charge in [0.05, 0.1) is 32.8 Å². The van der Waals surface area contributed by atoms with E-state index in [2.05, 4.69) is 5.32 Å². The number of amides is 1. The van der Waals surface area contributed by atoms with Crippen molar-refractivity contribution in [2.24, 2.45) is 0 Å². The van der Waals surface area contributed by atoms with E-state index < -0.39 is 15.9 Å². The Balaban J connectivity index is 1.82. The van der Waals surface area contributed by atoms with Crippen LogP contribution in [-0.4, -0.2) is 53.0 Å². The molecule has 0 unspecified atom stereocenters. The van der Waals surface area contributed by atoms with Crippen LogP contribution in [0.3, 0.4) is 0 Å². The lowest BCUT2D eigenvalue weighted by Gasteiger charge is -2.22.